The number of aliphatic carboxylic acids is 1. The summed E-state index contributed by atoms with van der Waals surface area (Å²) in [6, 6.07) is 3.42. The molecule has 0 saturated carbocycles. The molecule has 0 saturated heterocycles. The van der Waals surface area contributed by atoms with Crippen LogP contribution in [0.5, 0.6) is 0 Å². The van der Waals surface area contributed by atoms with Crippen molar-refractivity contribution < 1.29 is 14.7 Å². The quantitative estimate of drug-likeness (QED) is 0.846. The van der Waals surface area contributed by atoms with Crippen LogP contribution in [0.3, 0.4) is 0 Å². The summed E-state index contributed by atoms with van der Waals surface area (Å²) in [4.78, 5) is 23.9. The van der Waals surface area contributed by atoms with Crippen molar-refractivity contribution in [3.8, 4) is 0 Å². The molecule has 1 aromatic carbocycles. The number of aryl methyl sites for hydroxylation is 1. The molecule has 0 fully saturated rings. The van der Waals surface area contributed by atoms with Crippen LogP contribution < -0.4 is 5.32 Å². The van der Waals surface area contributed by atoms with Crippen LogP contribution in [-0.4, -0.2) is 42.0 Å². The van der Waals surface area contributed by atoms with Gasteiger partial charge in [-0.25, -0.2) is 0 Å². The highest BCUT2D eigenvalue weighted by molar-refractivity contribution is 6.40. The molecule has 0 aliphatic heterocycles. The summed E-state index contributed by atoms with van der Waals surface area (Å²) in [7, 11) is 1.67. The van der Waals surface area contributed by atoms with E-state index >= 15 is 0 Å². The zero-order valence-electron chi connectivity index (χ0n) is 11.2. The minimum atomic E-state index is -0.901. The van der Waals surface area contributed by atoms with Crippen LogP contribution in [0.2, 0.25) is 10.0 Å². The third-order valence-electron chi connectivity index (χ3n) is 2.67. The number of hydrogen-bond donors (Lipinski definition) is 2. The Morgan fingerprint density at radius 2 is 2.00 bits per heavy atom. The van der Waals surface area contributed by atoms with Gasteiger partial charge in [-0.3, -0.25) is 14.5 Å². The topological polar surface area (TPSA) is 69.6 Å². The van der Waals surface area contributed by atoms with Crippen molar-refractivity contribution in [1.29, 1.82) is 0 Å². The van der Waals surface area contributed by atoms with Gasteiger partial charge < -0.3 is 10.4 Å². The Kier molecular flexibility index (Phi) is 6.26. The van der Waals surface area contributed by atoms with Crippen molar-refractivity contribution in [3.63, 3.8) is 0 Å². The van der Waals surface area contributed by atoms with Crippen molar-refractivity contribution in [2.24, 2.45) is 0 Å². The van der Waals surface area contributed by atoms with Gasteiger partial charge in [0, 0.05) is 6.54 Å². The molecule has 1 amide bonds. The van der Waals surface area contributed by atoms with E-state index in [4.69, 9.17) is 28.3 Å². The molecule has 0 unspecified atom stereocenters. The van der Waals surface area contributed by atoms with Crippen LogP contribution in [0.15, 0.2) is 12.1 Å². The number of hydrogen-bond acceptors (Lipinski definition) is 3. The molecule has 20 heavy (non-hydrogen) atoms. The van der Waals surface area contributed by atoms with Crippen molar-refractivity contribution in [3.05, 3.63) is 27.7 Å². The van der Waals surface area contributed by atoms with Gasteiger partial charge in [0.15, 0.2) is 0 Å². The van der Waals surface area contributed by atoms with Crippen molar-refractivity contribution in [1.82, 2.24) is 4.90 Å². The molecule has 1 aromatic rings. The number of carbonyl (C=O) groups excluding carboxylic acids is 1. The van der Waals surface area contributed by atoms with Crippen LogP contribution >= 0.6 is 23.2 Å². The van der Waals surface area contributed by atoms with E-state index in [-0.39, 0.29) is 25.4 Å². The number of rotatable bonds is 6. The molecule has 0 atom stereocenters. The Morgan fingerprint density at radius 1 is 1.35 bits per heavy atom. The lowest BCUT2D eigenvalue weighted by molar-refractivity contribution is -0.137. The highest BCUT2D eigenvalue weighted by Gasteiger charge is 2.13. The van der Waals surface area contributed by atoms with Crippen molar-refractivity contribution in [2.75, 3.05) is 25.5 Å². The van der Waals surface area contributed by atoms with Gasteiger partial charge >= 0.3 is 5.97 Å². The summed E-state index contributed by atoms with van der Waals surface area (Å²) in [5.41, 5.74) is 1.19. The summed E-state index contributed by atoms with van der Waals surface area (Å²) < 4.78 is 0. The first-order valence-corrected chi connectivity index (χ1v) is 6.71. The lowest BCUT2D eigenvalue weighted by Gasteiger charge is -2.16. The van der Waals surface area contributed by atoms with Gasteiger partial charge in [-0.1, -0.05) is 29.3 Å². The molecule has 0 aliphatic carbocycles. The van der Waals surface area contributed by atoms with Crippen LogP contribution in [0.1, 0.15) is 12.0 Å². The van der Waals surface area contributed by atoms with E-state index in [1.807, 2.05) is 6.92 Å². The third-order valence-corrected chi connectivity index (χ3v) is 3.47. The van der Waals surface area contributed by atoms with Gasteiger partial charge in [0.2, 0.25) is 5.91 Å². The Morgan fingerprint density at radius 3 is 2.60 bits per heavy atom. The molecular weight excluding hydrogens is 303 g/mol. The summed E-state index contributed by atoms with van der Waals surface area (Å²) >= 11 is 12.1. The lowest BCUT2D eigenvalue weighted by atomic mass is 10.2. The number of nitrogens with one attached hydrogen (secondary N) is 1. The SMILES string of the molecule is Cc1ccc(Cl)c(NC(=O)CN(C)CCC(=O)O)c1Cl. The first-order chi connectivity index (χ1) is 9.31. The maximum Gasteiger partial charge on any atom is 0.304 e. The second kappa shape index (κ2) is 7.47. The molecule has 0 aliphatic rings. The highest BCUT2D eigenvalue weighted by Crippen LogP contribution is 2.32. The number of benzene rings is 1. The van der Waals surface area contributed by atoms with Crippen molar-refractivity contribution >= 4 is 40.8 Å². The van der Waals surface area contributed by atoms with Gasteiger partial charge in [0.25, 0.3) is 0 Å². The first-order valence-electron chi connectivity index (χ1n) is 5.96. The van der Waals surface area contributed by atoms with Gasteiger partial charge in [-0.2, -0.15) is 0 Å². The Balaban J connectivity index is 2.63. The summed E-state index contributed by atoms with van der Waals surface area (Å²) in [5, 5.41) is 12.0. The van der Waals surface area contributed by atoms with Gasteiger partial charge in [0.05, 0.1) is 28.7 Å². The largest absolute Gasteiger partial charge is 0.481 e. The minimum Gasteiger partial charge on any atom is -0.481 e. The third kappa shape index (κ3) is 5.00. The molecule has 0 bridgehead atoms. The predicted octanol–water partition coefficient (Wildman–Crippen LogP) is 2.65. The summed E-state index contributed by atoms with van der Waals surface area (Å²) in [5.74, 6) is -1.20. The van der Waals surface area contributed by atoms with E-state index < -0.39 is 5.97 Å². The van der Waals surface area contributed by atoms with E-state index in [2.05, 4.69) is 5.32 Å². The summed E-state index contributed by atoms with van der Waals surface area (Å²) in [6.45, 7) is 2.17. The van der Waals surface area contributed by atoms with Gasteiger partial charge in [-0.15, -0.1) is 0 Å². The van der Waals surface area contributed by atoms with Crippen LogP contribution in [0, 0.1) is 6.92 Å². The minimum absolute atomic E-state index is 0.0181. The molecule has 7 heteroatoms. The van der Waals surface area contributed by atoms with Gasteiger partial charge in [-0.05, 0) is 25.6 Å². The Bertz CT molecular complexity index is 521. The monoisotopic (exact) mass is 318 g/mol. The number of anilines is 1. The first kappa shape index (κ1) is 16.8. The standard InChI is InChI=1S/C13H16Cl2N2O3/c1-8-3-4-9(14)13(12(8)15)16-10(18)7-17(2)6-5-11(19)20/h3-4H,5-7H2,1-2H3,(H,16,18)(H,19,20). The number of nitrogens with zero attached hydrogens (tertiary/aromatic N) is 1. The summed E-state index contributed by atoms with van der Waals surface area (Å²) in [6.07, 6.45) is -0.0181. The Hall–Kier alpha value is -1.30. The molecule has 0 spiro atoms. The lowest BCUT2D eigenvalue weighted by Crippen LogP contribution is -2.31. The zero-order valence-corrected chi connectivity index (χ0v) is 12.8. The fourth-order valence-electron chi connectivity index (χ4n) is 1.56. The average Bonchev–Trinajstić information content (AvgIpc) is 2.37. The molecule has 5 nitrogen and oxygen atoms in total. The van der Waals surface area contributed by atoms with E-state index in [9.17, 15) is 9.59 Å². The molecule has 0 aromatic heterocycles. The van der Waals surface area contributed by atoms with Crippen molar-refractivity contribution in [2.45, 2.75) is 13.3 Å². The molecule has 110 valence electrons. The number of carbonyl (C=O) groups is 2. The fourth-order valence-corrected chi connectivity index (χ4v) is 2.03. The van der Waals surface area contributed by atoms with Crippen LogP contribution in [-0.2, 0) is 9.59 Å². The van der Waals surface area contributed by atoms with Crippen LogP contribution in [0.25, 0.3) is 0 Å². The molecule has 2 N–H and O–H groups in total. The second-order valence-electron chi connectivity index (χ2n) is 4.48. The fraction of sp³-hybridized carbons (Fsp3) is 0.385. The Labute approximate surface area is 127 Å². The van der Waals surface area contributed by atoms with E-state index in [0.717, 1.165) is 5.56 Å². The number of halogens is 2. The predicted molar refractivity (Wildman–Crippen MR) is 79.6 cm³/mol. The van der Waals surface area contributed by atoms with Gasteiger partial charge in [0.1, 0.15) is 0 Å². The number of likely N-dealkylation sites (N-methyl/N-ethyl adjacent to an activating group) is 1. The van der Waals surface area contributed by atoms with E-state index in [0.29, 0.717) is 15.7 Å². The molecular formula is C13H16Cl2N2O3. The zero-order chi connectivity index (χ0) is 15.3. The average molecular weight is 319 g/mol. The highest BCUT2D eigenvalue weighted by atomic mass is 35.5. The van der Waals surface area contributed by atoms with E-state index in [1.165, 1.54) is 0 Å². The second-order valence-corrected chi connectivity index (χ2v) is 5.27. The number of carboxylic acids is 1. The number of amides is 1. The smallest absolute Gasteiger partial charge is 0.304 e. The maximum absolute atomic E-state index is 11.9. The van der Waals surface area contributed by atoms with E-state index in [1.54, 1.807) is 24.1 Å². The number of carboxylic acid groups (broad SMARTS) is 1. The molecule has 1 rings (SSSR count). The molecule has 0 heterocycles. The maximum atomic E-state index is 11.9. The van der Waals surface area contributed by atoms with Crippen LogP contribution in [0.4, 0.5) is 5.69 Å². The normalized spacial score (nSPS) is 10.7. The molecule has 0 radical (unpaired) electrons.